The van der Waals surface area contributed by atoms with Crippen LogP contribution in [0.15, 0.2) is 51.9 Å². The number of carbonyl (C=O) groups excluding carboxylic acids is 1. The fourth-order valence-corrected chi connectivity index (χ4v) is 3.82. The van der Waals surface area contributed by atoms with E-state index in [0.29, 0.717) is 27.9 Å². The van der Waals surface area contributed by atoms with Crippen molar-refractivity contribution in [2.24, 2.45) is 0 Å². The van der Waals surface area contributed by atoms with E-state index in [1.807, 2.05) is 56.3 Å². The summed E-state index contributed by atoms with van der Waals surface area (Å²) >= 11 is 1.33. The number of amides is 1. The molecular weight excluding hydrogens is 374 g/mol. The fraction of sp³-hybridized carbons (Fsp3) is 0.190. The monoisotopic (exact) mass is 393 g/mol. The highest BCUT2D eigenvalue weighted by atomic mass is 32.2. The van der Waals surface area contributed by atoms with Gasteiger partial charge in [0.2, 0.25) is 5.91 Å². The summed E-state index contributed by atoms with van der Waals surface area (Å²) in [6, 6.07) is 13.4. The van der Waals surface area contributed by atoms with Gasteiger partial charge in [0.05, 0.1) is 18.6 Å². The minimum absolute atomic E-state index is 0.144. The molecule has 142 valence electrons. The lowest BCUT2D eigenvalue weighted by atomic mass is 10.2. The van der Waals surface area contributed by atoms with Gasteiger partial charge in [-0.3, -0.25) is 4.79 Å². The predicted octanol–water partition coefficient (Wildman–Crippen LogP) is 4.73. The lowest BCUT2D eigenvalue weighted by Crippen LogP contribution is -2.15. The van der Waals surface area contributed by atoms with Crippen LogP contribution in [0, 0.1) is 13.8 Å². The molecule has 6 nitrogen and oxygen atoms in total. The largest absolute Gasteiger partial charge is 0.495 e. The second-order valence-electron chi connectivity index (χ2n) is 6.39. The van der Waals surface area contributed by atoms with Gasteiger partial charge in [-0.2, -0.15) is 0 Å². The van der Waals surface area contributed by atoms with E-state index in [0.717, 1.165) is 22.0 Å². The van der Waals surface area contributed by atoms with Gasteiger partial charge >= 0.3 is 0 Å². The quantitative estimate of drug-likeness (QED) is 0.390. The predicted molar refractivity (Wildman–Crippen MR) is 111 cm³/mol. The molecule has 2 aromatic carbocycles. The molecule has 1 N–H and O–H groups in total. The van der Waals surface area contributed by atoms with Crippen LogP contribution in [0.4, 0.5) is 5.69 Å². The molecule has 2 heterocycles. The highest BCUT2D eigenvalue weighted by Gasteiger charge is 2.16. The van der Waals surface area contributed by atoms with Crippen molar-refractivity contribution >= 4 is 45.4 Å². The van der Waals surface area contributed by atoms with E-state index >= 15 is 0 Å². The van der Waals surface area contributed by atoms with Gasteiger partial charge in [0.15, 0.2) is 5.58 Å². The third-order valence-corrected chi connectivity index (χ3v) is 5.23. The summed E-state index contributed by atoms with van der Waals surface area (Å²) < 4.78 is 11.3. The molecule has 7 heteroatoms. The molecule has 0 aliphatic carbocycles. The highest BCUT2D eigenvalue weighted by Crippen LogP contribution is 2.33. The maximum absolute atomic E-state index is 12.5. The van der Waals surface area contributed by atoms with E-state index in [-0.39, 0.29) is 11.7 Å². The fourth-order valence-electron chi connectivity index (χ4n) is 3.01. The van der Waals surface area contributed by atoms with Crippen molar-refractivity contribution in [2.75, 3.05) is 18.2 Å². The molecule has 2 aromatic heterocycles. The first kappa shape index (κ1) is 18.3. The van der Waals surface area contributed by atoms with Crippen LogP contribution in [0.25, 0.3) is 22.1 Å². The molecule has 0 saturated carbocycles. The van der Waals surface area contributed by atoms with Crippen molar-refractivity contribution in [2.45, 2.75) is 18.9 Å². The number of nitrogens with one attached hydrogen (secondary N) is 1. The summed E-state index contributed by atoms with van der Waals surface area (Å²) in [6.07, 6.45) is 0. The van der Waals surface area contributed by atoms with Crippen molar-refractivity contribution in [3.05, 3.63) is 53.9 Å². The van der Waals surface area contributed by atoms with Crippen LogP contribution >= 0.6 is 11.8 Å². The number of aryl methyl sites for hydroxylation is 2. The highest BCUT2D eigenvalue weighted by molar-refractivity contribution is 8.00. The normalized spacial score (nSPS) is 11.1. The second-order valence-corrected chi connectivity index (χ2v) is 7.36. The van der Waals surface area contributed by atoms with Crippen LogP contribution in [0.3, 0.4) is 0 Å². The second kappa shape index (κ2) is 7.52. The summed E-state index contributed by atoms with van der Waals surface area (Å²) in [5.74, 6) is 1.32. The summed E-state index contributed by atoms with van der Waals surface area (Å²) in [5.41, 5.74) is 3.83. The molecule has 28 heavy (non-hydrogen) atoms. The van der Waals surface area contributed by atoms with Crippen molar-refractivity contribution in [1.82, 2.24) is 9.97 Å². The molecule has 4 rings (SSSR count). The summed E-state index contributed by atoms with van der Waals surface area (Å²) in [4.78, 5) is 21.5. The van der Waals surface area contributed by atoms with Crippen molar-refractivity contribution in [3.8, 4) is 5.75 Å². The van der Waals surface area contributed by atoms with Crippen molar-refractivity contribution in [1.29, 1.82) is 0 Å². The van der Waals surface area contributed by atoms with E-state index in [1.165, 1.54) is 11.8 Å². The third-order valence-electron chi connectivity index (χ3n) is 4.27. The molecule has 0 fully saturated rings. The van der Waals surface area contributed by atoms with Crippen LogP contribution < -0.4 is 10.1 Å². The number of anilines is 1. The molecule has 1 amide bonds. The van der Waals surface area contributed by atoms with Gasteiger partial charge in [0, 0.05) is 5.39 Å². The zero-order valence-electron chi connectivity index (χ0n) is 15.8. The van der Waals surface area contributed by atoms with Crippen LogP contribution in [0.1, 0.15) is 11.4 Å². The molecule has 0 bridgehead atoms. The number of furan rings is 1. The Morgan fingerprint density at radius 1 is 1.18 bits per heavy atom. The molecule has 0 unspecified atom stereocenters. The number of para-hydroxylation sites is 1. The molecule has 0 aliphatic heterocycles. The number of fused-ring (bicyclic) bond motifs is 3. The van der Waals surface area contributed by atoms with Gasteiger partial charge in [-0.25, -0.2) is 9.97 Å². The van der Waals surface area contributed by atoms with E-state index in [4.69, 9.17) is 9.15 Å². The standard InChI is InChI=1S/C21H19N3O3S/c1-12-8-9-17(26-3)15(10-12)24-18(25)11-28-21-20-19(22-13(2)23-21)14-6-4-5-7-16(14)27-20/h4-10H,11H2,1-3H3,(H,24,25). The minimum atomic E-state index is -0.144. The van der Waals surface area contributed by atoms with Crippen LogP contribution in [0.2, 0.25) is 0 Å². The topological polar surface area (TPSA) is 77.2 Å². The summed E-state index contributed by atoms with van der Waals surface area (Å²) in [7, 11) is 1.58. The molecule has 0 atom stereocenters. The number of nitrogens with zero attached hydrogens (tertiary/aromatic N) is 2. The van der Waals surface area contributed by atoms with E-state index < -0.39 is 0 Å². The van der Waals surface area contributed by atoms with Crippen LogP contribution in [0.5, 0.6) is 5.75 Å². The Labute approximate surface area is 166 Å². The number of methoxy groups -OCH3 is 1. The summed E-state index contributed by atoms with van der Waals surface area (Å²) in [5, 5.41) is 4.50. The minimum Gasteiger partial charge on any atom is -0.495 e. The number of thioether (sulfide) groups is 1. The first-order chi connectivity index (χ1) is 13.5. The smallest absolute Gasteiger partial charge is 0.234 e. The molecule has 0 aliphatic rings. The number of aromatic nitrogens is 2. The molecule has 4 aromatic rings. The number of ether oxygens (including phenoxy) is 1. The Balaban J connectivity index is 1.57. The Morgan fingerprint density at radius 3 is 2.82 bits per heavy atom. The van der Waals surface area contributed by atoms with Gasteiger partial charge in [-0.1, -0.05) is 30.0 Å². The van der Waals surface area contributed by atoms with Gasteiger partial charge < -0.3 is 14.5 Å². The maximum Gasteiger partial charge on any atom is 0.234 e. The van der Waals surface area contributed by atoms with Crippen LogP contribution in [-0.2, 0) is 4.79 Å². The first-order valence-corrected chi connectivity index (χ1v) is 9.77. The number of benzene rings is 2. The zero-order chi connectivity index (χ0) is 19.7. The zero-order valence-corrected chi connectivity index (χ0v) is 16.6. The lowest BCUT2D eigenvalue weighted by Gasteiger charge is -2.11. The Bertz CT molecular complexity index is 1190. The van der Waals surface area contributed by atoms with Gasteiger partial charge in [0.25, 0.3) is 0 Å². The Kier molecular flexibility index (Phi) is 4.92. The average Bonchev–Trinajstić information content (AvgIpc) is 3.05. The van der Waals surface area contributed by atoms with Crippen molar-refractivity contribution in [3.63, 3.8) is 0 Å². The van der Waals surface area contributed by atoms with Crippen molar-refractivity contribution < 1.29 is 13.9 Å². The van der Waals surface area contributed by atoms with E-state index in [9.17, 15) is 4.79 Å². The van der Waals surface area contributed by atoms with Gasteiger partial charge in [0.1, 0.15) is 27.7 Å². The number of rotatable bonds is 5. The molecular formula is C21H19N3O3S. The van der Waals surface area contributed by atoms with E-state index in [2.05, 4.69) is 15.3 Å². The van der Waals surface area contributed by atoms with Crippen LogP contribution in [-0.4, -0.2) is 28.7 Å². The number of carbonyl (C=O) groups is 1. The molecule has 0 spiro atoms. The maximum atomic E-state index is 12.5. The average molecular weight is 393 g/mol. The Morgan fingerprint density at radius 2 is 2.00 bits per heavy atom. The SMILES string of the molecule is COc1ccc(C)cc1NC(=O)CSc1nc(C)nc2c1oc1ccccc12. The first-order valence-electron chi connectivity index (χ1n) is 8.78. The third kappa shape index (κ3) is 3.53. The van der Waals surface area contributed by atoms with E-state index in [1.54, 1.807) is 7.11 Å². The molecule has 0 saturated heterocycles. The molecule has 0 radical (unpaired) electrons. The van der Waals surface area contributed by atoms with Gasteiger partial charge in [-0.15, -0.1) is 0 Å². The van der Waals surface area contributed by atoms with Gasteiger partial charge in [-0.05, 0) is 43.7 Å². The Hall–Kier alpha value is -3.06. The lowest BCUT2D eigenvalue weighted by molar-refractivity contribution is -0.113. The number of hydrogen-bond donors (Lipinski definition) is 1. The number of hydrogen-bond acceptors (Lipinski definition) is 6. The summed E-state index contributed by atoms with van der Waals surface area (Å²) in [6.45, 7) is 3.80.